The average Bonchev–Trinajstić information content (AvgIpc) is 3.15. The van der Waals surface area contributed by atoms with E-state index in [1.807, 2.05) is 0 Å². The second kappa shape index (κ2) is 9.89. The molecule has 2 aromatic carbocycles. The fraction of sp³-hybridized carbons (Fsp3) is 0.364. The molecule has 0 fully saturated rings. The van der Waals surface area contributed by atoms with E-state index >= 15 is 0 Å². The molecule has 0 aliphatic heterocycles. The molecule has 1 atom stereocenters. The van der Waals surface area contributed by atoms with E-state index in [1.54, 1.807) is 9.12 Å². The van der Waals surface area contributed by atoms with Crippen molar-refractivity contribution in [3.63, 3.8) is 0 Å². The van der Waals surface area contributed by atoms with Gasteiger partial charge in [0, 0.05) is 59.4 Å². The van der Waals surface area contributed by atoms with Crippen LogP contribution in [0.2, 0.25) is 0 Å². The molecule has 3 aromatic rings. The smallest absolute Gasteiger partial charge is 0.0631 e. The lowest BCUT2D eigenvalue weighted by Crippen LogP contribution is -2.28. The van der Waals surface area contributed by atoms with Crippen molar-refractivity contribution < 1.29 is 0 Å². The molecule has 1 aromatic heterocycles. The molecule has 2 N–H and O–H groups in total. The third-order valence-corrected chi connectivity index (χ3v) is 7.80. The van der Waals surface area contributed by atoms with E-state index < -0.39 is 0 Å². The molecule has 150 valence electrons. The van der Waals surface area contributed by atoms with Crippen LogP contribution in [0, 0.1) is 13.8 Å². The van der Waals surface area contributed by atoms with Gasteiger partial charge in [-0.2, -0.15) is 0 Å². The standard InChI is InChI=1S/C22H28IN3S2/c1-5-21(17-7-9-18(27-24)10-8-17)25(6-2)14-20-15(3)13-16(4)22-19(20)11-12-26(22)28-23/h7-13,21H,5-6,14,24H2,1-4H3. The van der Waals surface area contributed by atoms with Crippen LogP contribution in [-0.4, -0.2) is 15.4 Å². The first-order chi connectivity index (χ1) is 13.5. The van der Waals surface area contributed by atoms with Crippen LogP contribution in [0.25, 0.3) is 10.9 Å². The fourth-order valence-corrected chi connectivity index (χ4v) is 5.82. The fourth-order valence-electron chi connectivity index (χ4n) is 4.12. The molecule has 0 spiro atoms. The second-order valence-electron chi connectivity index (χ2n) is 7.14. The molecule has 1 unspecified atom stereocenters. The van der Waals surface area contributed by atoms with E-state index in [2.05, 4.69) is 100 Å². The molecule has 0 saturated carbocycles. The van der Waals surface area contributed by atoms with E-state index in [1.165, 1.54) is 45.1 Å². The number of benzene rings is 2. The van der Waals surface area contributed by atoms with E-state index in [4.69, 9.17) is 5.14 Å². The summed E-state index contributed by atoms with van der Waals surface area (Å²) in [7, 11) is 1.73. The number of nitrogens with zero attached hydrogens (tertiary/aromatic N) is 2. The van der Waals surface area contributed by atoms with E-state index in [9.17, 15) is 0 Å². The summed E-state index contributed by atoms with van der Waals surface area (Å²) in [6, 6.07) is 13.7. The second-order valence-corrected chi connectivity index (χ2v) is 9.56. The number of nitrogens with two attached hydrogens (primary N) is 1. The molecule has 6 heteroatoms. The van der Waals surface area contributed by atoms with Crippen molar-refractivity contribution in [3.05, 3.63) is 64.8 Å². The maximum absolute atomic E-state index is 5.69. The molecule has 0 aliphatic rings. The Hall–Kier alpha value is -0.670. The Kier molecular flexibility index (Phi) is 7.78. The monoisotopic (exact) mass is 525 g/mol. The van der Waals surface area contributed by atoms with Crippen molar-refractivity contribution in [1.29, 1.82) is 0 Å². The normalized spacial score (nSPS) is 12.8. The van der Waals surface area contributed by atoms with Gasteiger partial charge in [0.05, 0.1) is 5.52 Å². The van der Waals surface area contributed by atoms with Crippen molar-refractivity contribution in [1.82, 2.24) is 8.87 Å². The lowest BCUT2D eigenvalue weighted by molar-refractivity contribution is 0.193. The van der Waals surface area contributed by atoms with Gasteiger partial charge >= 0.3 is 0 Å². The molecule has 0 bridgehead atoms. The van der Waals surface area contributed by atoms with Gasteiger partial charge in [0.1, 0.15) is 0 Å². The van der Waals surface area contributed by atoms with Gasteiger partial charge in [0.15, 0.2) is 0 Å². The molecule has 3 nitrogen and oxygen atoms in total. The Morgan fingerprint density at radius 3 is 2.39 bits per heavy atom. The zero-order chi connectivity index (χ0) is 20.3. The van der Waals surface area contributed by atoms with E-state index in [0.717, 1.165) is 24.4 Å². The Morgan fingerprint density at radius 1 is 1.11 bits per heavy atom. The molecular weight excluding hydrogens is 497 g/mol. The summed E-state index contributed by atoms with van der Waals surface area (Å²) in [5, 5.41) is 7.07. The number of hydrogen-bond acceptors (Lipinski definition) is 4. The van der Waals surface area contributed by atoms with Crippen LogP contribution in [0.3, 0.4) is 0 Å². The third kappa shape index (κ3) is 4.41. The Labute approximate surface area is 189 Å². The minimum Gasteiger partial charge on any atom is -0.292 e. The topological polar surface area (TPSA) is 34.2 Å². The van der Waals surface area contributed by atoms with Gasteiger partial charge in [-0.25, -0.2) is 0 Å². The van der Waals surface area contributed by atoms with Gasteiger partial charge in [-0.1, -0.05) is 32.0 Å². The van der Waals surface area contributed by atoms with Gasteiger partial charge in [-0.3, -0.25) is 14.0 Å². The summed E-state index contributed by atoms with van der Waals surface area (Å²) in [5.41, 5.74) is 6.87. The largest absolute Gasteiger partial charge is 0.292 e. The summed E-state index contributed by atoms with van der Waals surface area (Å²) in [6.07, 6.45) is 3.27. The van der Waals surface area contributed by atoms with Gasteiger partial charge in [-0.15, -0.1) is 0 Å². The lowest BCUT2D eigenvalue weighted by Gasteiger charge is -2.31. The maximum atomic E-state index is 5.69. The van der Waals surface area contributed by atoms with Crippen molar-refractivity contribution in [2.75, 3.05) is 6.54 Å². The Morgan fingerprint density at radius 2 is 1.82 bits per heavy atom. The molecule has 28 heavy (non-hydrogen) atoms. The minimum atomic E-state index is 0.401. The van der Waals surface area contributed by atoms with Crippen LogP contribution in [0.5, 0.6) is 0 Å². The van der Waals surface area contributed by atoms with Crippen LogP contribution in [0.4, 0.5) is 0 Å². The molecule has 0 amide bonds. The summed E-state index contributed by atoms with van der Waals surface area (Å²) in [4.78, 5) is 3.70. The van der Waals surface area contributed by atoms with Crippen molar-refractivity contribution >= 4 is 53.2 Å². The zero-order valence-corrected chi connectivity index (χ0v) is 20.7. The maximum Gasteiger partial charge on any atom is 0.0631 e. The molecule has 0 aliphatic carbocycles. The molecule has 0 saturated heterocycles. The molecular formula is C22H28IN3S2. The highest BCUT2D eigenvalue weighted by Crippen LogP contribution is 2.34. The van der Waals surface area contributed by atoms with E-state index in [0.29, 0.717) is 6.04 Å². The average molecular weight is 526 g/mol. The molecule has 1 heterocycles. The highest BCUT2D eigenvalue weighted by atomic mass is 127. The number of aryl methyl sites for hydroxylation is 2. The van der Waals surface area contributed by atoms with Crippen LogP contribution < -0.4 is 5.14 Å². The predicted octanol–water partition coefficient (Wildman–Crippen LogP) is 7.04. The van der Waals surface area contributed by atoms with Crippen LogP contribution >= 0.6 is 42.3 Å². The summed E-state index contributed by atoms with van der Waals surface area (Å²) in [5.74, 6) is 0. The van der Waals surface area contributed by atoms with Crippen LogP contribution in [0.15, 0.2) is 47.5 Å². The number of halogens is 1. The molecule has 3 rings (SSSR count). The zero-order valence-electron chi connectivity index (χ0n) is 16.9. The summed E-state index contributed by atoms with van der Waals surface area (Å²) >= 11 is 3.66. The van der Waals surface area contributed by atoms with Crippen molar-refractivity contribution in [2.24, 2.45) is 5.14 Å². The first-order valence-electron chi connectivity index (χ1n) is 9.63. The van der Waals surface area contributed by atoms with E-state index in [-0.39, 0.29) is 0 Å². The third-order valence-electron chi connectivity index (χ3n) is 5.53. The summed E-state index contributed by atoms with van der Waals surface area (Å²) in [6.45, 7) is 11.0. The number of rotatable bonds is 8. The number of hydrogen-bond donors (Lipinski definition) is 1. The predicted molar refractivity (Wildman–Crippen MR) is 134 cm³/mol. The van der Waals surface area contributed by atoms with Gasteiger partial charge < -0.3 is 0 Å². The van der Waals surface area contributed by atoms with Crippen molar-refractivity contribution in [3.8, 4) is 0 Å². The summed E-state index contributed by atoms with van der Waals surface area (Å²) < 4.78 is 2.27. The first kappa shape index (κ1) is 22.0. The van der Waals surface area contributed by atoms with Gasteiger partial charge in [0.2, 0.25) is 0 Å². The van der Waals surface area contributed by atoms with Crippen LogP contribution in [-0.2, 0) is 6.54 Å². The quantitative estimate of drug-likeness (QED) is 0.253. The highest BCUT2D eigenvalue weighted by molar-refractivity contribution is 14.2. The Bertz CT molecular complexity index is 937. The highest BCUT2D eigenvalue weighted by Gasteiger charge is 2.21. The van der Waals surface area contributed by atoms with Crippen LogP contribution in [0.1, 0.15) is 48.6 Å². The van der Waals surface area contributed by atoms with Gasteiger partial charge in [0.25, 0.3) is 0 Å². The molecule has 0 radical (unpaired) electrons. The Balaban J connectivity index is 1.98. The SMILES string of the molecule is CCC(c1ccc(SN)cc1)N(CC)Cc1c(C)cc(C)c2c1ccn2SI. The van der Waals surface area contributed by atoms with Crippen molar-refractivity contribution in [2.45, 2.75) is 51.6 Å². The number of aromatic nitrogens is 1. The lowest BCUT2D eigenvalue weighted by atomic mass is 9.97. The van der Waals surface area contributed by atoms with Gasteiger partial charge in [-0.05, 0) is 79.2 Å². The minimum absolute atomic E-state index is 0.401. The number of fused-ring (bicyclic) bond motifs is 1. The first-order valence-corrected chi connectivity index (χ1v) is 13.8.